The molecule has 0 radical (unpaired) electrons. The van der Waals surface area contributed by atoms with Gasteiger partial charge in [0.15, 0.2) is 0 Å². The van der Waals surface area contributed by atoms with Crippen LogP contribution in [-0.2, 0) is 15.1 Å². The predicted octanol–water partition coefficient (Wildman–Crippen LogP) is 4.74. The van der Waals surface area contributed by atoms with E-state index in [2.05, 4.69) is 5.32 Å². The van der Waals surface area contributed by atoms with E-state index < -0.39 is 11.6 Å². The number of hydrogen-bond acceptors (Lipinski definition) is 5. The molecule has 0 aliphatic carbocycles. The molecule has 0 amide bonds. The predicted molar refractivity (Wildman–Crippen MR) is 148 cm³/mol. The average molecular weight is 536 g/mol. The first kappa shape index (κ1) is 26.7. The fourth-order valence-electron chi connectivity index (χ4n) is 6.03. The van der Waals surface area contributed by atoms with Crippen molar-refractivity contribution < 1.29 is 23.9 Å². The molecule has 3 aromatic rings. The van der Waals surface area contributed by atoms with Crippen LogP contribution < -0.4 is 10.1 Å². The first-order valence-corrected chi connectivity index (χ1v) is 13.8. The quantitative estimate of drug-likeness (QED) is 0.161. The molecule has 3 heterocycles. The first-order chi connectivity index (χ1) is 18.5. The fraction of sp³-hybridized carbons (Fsp3) is 0.387. The second kappa shape index (κ2) is 11.9. The molecule has 0 saturated carbocycles. The number of nitrogens with zero attached hydrogens (tertiary/aromatic N) is 1. The Kier molecular flexibility index (Phi) is 8.34. The van der Waals surface area contributed by atoms with Gasteiger partial charge in [-0.05, 0) is 41.3 Å². The summed E-state index contributed by atoms with van der Waals surface area (Å²) in [5.41, 5.74) is -0.884. The summed E-state index contributed by atoms with van der Waals surface area (Å²) in [6, 6.07) is 25.7. The van der Waals surface area contributed by atoms with Gasteiger partial charge in [-0.15, -0.1) is 0 Å². The number of fused-ring (bicyclic) bond motifs is 3. The molecule has 2 N–H and O–H groups in total. The van der Waals surface area contributed by atoms with E-state index in [9.17, 15) is 9.90 Å². The van der Waals surface area contributed by atoms with Crippen molar-refractivity contribution in [3.05, 3.63) is 101 Å². The number of piperidine rings is 3. The molecule has 0 aromatic heterocycles. The van der Waals surface area contributed by atoms with Crippen LogP contribution >= 0.6 is 11.6 Å². The maximum absolute atomic E-state index is 13.3. The Hall–Kier alpha value is -2.90. The van der Waals surface area contributed by atoms with Gasteiger partial charge in [0.1, 0.15) is 12.5 Å². The maximum Gasteiger partial charge on any atom is 0.349 e. The standard InChI is InChI=1S/C31H36ClN2O4/c32-27-12-14-28(15-13-27)37-21-7-18-34-19-16-24(17-20-34)29(22-34)33-23-38-30(35)31(36,25-8-3-1-4-9-25)26-10-5-2-6-11-26/h1-6,8-15,24,29,33,36H,7,16-23H2/q+1. The topological polar surface area (TPSA) is 67.8 Å². The molecule has 6 rings (SSSR count). The SMILES string of the molecule is O=C(OCNC1C[N+]2(CCCOc3ccc(Cl)cc3)CCC1CC2)C(O)(c1ccccc1)c1ccccc1. The number of ether oxygens (including phenoxy) is 2. The van der Waals surface area contributed by atoms with Crippen LogP contribution in [0.15, 0.2) is 84.9 Å². The highest BCUT2D eigenvalue weighted by Gasteiger charge is 2.46. The molecule has 3 fully saturated rings. The molecule has 7 heteroatoms. The van der Waals surface area contributed by atoms with Gasteiger partial charge in [-0.25, -0.2) is 4.79 Å². The smallest absolute Gasteiger partial charge is 0.349 e. The van der Waals surface area contributed by atoms with E-state index in [-0.39, 0.29) is 12.8 Å². The molecule has 0 spiro atoms. The van der Waals surface area contributed by atoms with Crippen LogP contribution in [0, 0.1) is 5.92 Å². The van der Waals surface area contributed by atoms with E-state index in [1.807, 2.05) is 60.7 Å². The third-order valence-electron chi connectivity index (χ3n) is 8.19. The summed E-state index contributed by atoms with van der Waals surface area (Å²) in [4.78, 5) is 13.3. The number of rotatable bonds is 11. The van der Waals surface area contributed by atoms with Crippen LogP contribution in [0.5, 0.6) is 5.75 Å². The van der Waals surface area contributed by atoms with Gasteiger partial charge in [-0.3, -0.25) is 5.32 Å². The monoisotopic (exact) mass is 535 g/mol. The second-order valence-corrected chi connectivity index (χ2v) is 11.0. The number of quaternary nitrogens is 1. The van der Waals surface area contributed by atoms with E-state index in [1.165, 1.54) is 25.9 Å². The lowest BCUT2D eigenvalue weighted by molar-refractivity contribution is -0.944. The Morgan fingerprint density at radius 3 is 2.16 bits per heavy atom. The molecule has 3 aliphatic heterocycles. The van der Waals surface area contributed by atoms with Crippen molar-refractivity contribution in [2.75, 3.05) is 39.5 Å². The minimum atomic E-state index is -1.86. The van der Waals surface area contributed by atoms with E-state index in [1.54, 1.807) is 24.3 Å². The van der Waals surface area contributed by atoms with Gasteiger partial charge in [-0.2, -0.15) is 0 Å². The highest BCUT2D eigenvalue weighted by Crippen LogP contribution is 2.35. The van der Waals surface area contributed by atoms with Crippen molar-refractivity contribution >= 4 is 17.6 Å². The second-order valence-electron chi connectivity index (χ2n) is 10.5. The lowest BCUT2D eigenvalue weighted by Crippen LogP contribution is -2.67. The highest BCUT2D eigenvalue weighted by atomic mass is 35.5. The zero-order valence-corrected chi connectivity index (χ0v) is 22.4. The molecule has 6 nitrogen and oxygen atoms in total. The van der Waals surface area contributed by atoms with Gasteiger partial charge in [-0.1, -0.05) is 72.3 Å². The fourth-order valence-corrected chi connectivity index (χ4v) is 6.16. The van der Waals surface area contributed by atoms with Crippen LogP contribution in [0.3, 0.4) is 0 Å². The summed E-state index contributed by atoms with van der Waals surface area (Å²) < 4.78 is 12.7. The molecule has 3 aromatic carbocycles. The van der Waals surface area contributed by atoms with Crippen molar-refractivity contribution in [2.24, 2.45) is 5.92 Å². The lowest BCUT2D eigenvalue weighted by Gasteiger charge is -2.53. The van der Waals surface area contributed by atoms with Crippen LogP contribution in [0.2, 0.25) is 5.02 Å². The Bertz CT molecular complexity index is 1140. The van der Waals surface area contributed by atoms with E-state index in [0.717, 1.165) is 29.7 Å². The number of halogens is 1. The summed E-state index contributed by atoms with van der Waals surface area (Å²) in [5, 5.41) is 15.8. The largest absolute Gasteiger partial charge is 0.493 e. The average Bonchev–Trinajstić information content (AvgIpc) is 2.97. The van der Waals surface area contributed by atoms with Gasteiger partial charge in [0.05, 0.1) is 38.8 Å². The molecular formula is C31H36ClN2O4+. The van der Waals surface area contributed by atoms with Crippen molar-refractivity contribution in [1.82, 2.24) is 5.32 Å². The normalized spacial score (nSPS) is 22.7. The summed E-state index contributed by atoms with van der Waals surface area (Å²) >= 11 is 5.96. The minimum Gasteiger partial charge on any atom is -0.493 e. The number of carbonyl (C=O) groups excluding carboxylic acids is 1. The summed E-state index contributed by atoms with van der Waals surface area (Å²) in [6.07, 6.45) is 3.32. The molecule has 1 atom stereocenters. The molecular weight excluding hydrogens is 500 g/mol. The molecule has 1 unspecified atom stereocenters. The molecule has 3 saturated heterocycles. The number of aliphatic hydroxyl groups is 1. The number of carbonyl (C=O) groups is 1. The van der Waals surface area contributed by atoms with Crippen LogP contribution in [0.25, 0.3) is 0 Å². The Labute approximate surface area is 229 Å². The molecule has 38 heavy (non-hydrogen) atoms. The van der Waals surface area contributed by atoms with Gasteiger partial charge >= 0.3 is 5.97 Å². The minimum absolute atomic E-state index is 0.0711. The van der Waals surface area contributed by atoms with Crippen molar-refractivity contribution in [1.29, 1.82) is 0 Å². The first-order valence-electron chi connectivity index (χ1n) is 13.5. The summed E-state index contributed by atoms with van der Waals surface area (Å²) in [6.45, 7) is 5.21. The van der Waals surface area contributed by atoms with Crippen molar-refractivity contribution in [2.45, 2.75) is 30.9 Å². The lowest BCUT2D eigenvalue weighted by atomic mass is 9.81. The Morgan fingerprint density at radius 1 is 0.947 bits per heavy atom. The number of benzene rings is 3. The third-order valence-corrected chi connectivity index (χ3v) is 8.44. The van der Waals surface area contributed by atoms with Gasteiger partial charge in [0, 0.05) is 24.3 Å². The molecule has 200 valence electrons. The van der Waals surface area contributed by atoms with E-state index >= 15 is 0 Å². The zero-order valence-electron chi connectivity index (χ0n) is 21.6. The number of nitrogens with one attached hydrogen (secondary N) is 1. The highest BCUT2D eigenvalue weighted by molar-refractivity contribution is 6.30. The number of hydrogen-bond donors (Lipinski definition) is 2. The third kappa shape index (κ3) is 5.89. The summed E-state index contributed by atoms with van der Waals surface area (Å²) in [5.74, 6) is 0.757. The maximum atomic E-state index is 13.3. The Morgan fingerprint density at radius 2 is 1.55 bits per heavy atom. The van der Waals surface area contributed by atoms with Gasteiger partial charge in [0.2, 0.25) is 5.60 Å². The van der Waals surface area contributed by atoms with Crippen LogP contribution in [0.1, 0.15) is 30.4 Å². The summed E-state index contributed by atoms with van der Waals surface area (Å²) in [7, 11) is 0. The van der Waals surface area contributed by atoms with Crippen LogP contribution in [0.4, 0.5) is 0 Å². The van der Waals surface area contributed by atoms with Crippen LogP contribution in [-0.4, -0.2) is 61.1 Å². The molecule has 3 aliphatic rings. The van der Waals surface area contributed by atoms with Crippen molar-refractivity contribution in [3.63, 3.8) is 0 Å². The van der Waals surface area contributed by atoms with Gasteiger partial charge < -0.3 is 19.1 Å². The van der Waals surface area contributed by atoms with Crippen molar-refractivity contribution in [3.8, 4) is 5.75 Å². The Balaban J connectivity index is 1.15. The van der Waals surface area contributed by atoms with E-state index in [0.29, 0.717) is 28.7 Å². The molecule has 2 bridgehead atoms. The van der Waals surface area contributed by atoms with E-state index in [4.69, 9.17) is 21.1 Å². The zero-order chi connectivity index (χ0) is 26.4. The number of esters is 1. The van der Waals surface area contributed by atoms with Gasteiger partial charge in [0.25, 0.3) is 0 Å².